The molecule has 7 nitrogen and oxygen atoms in total. The minimum absolute atomic E-state index is 0.0197. The van der Waals surface area contributed by atoms with Crippen LogP contribution in [0.2, 0.25) is 0 Å². The number of hydrogen-bond acceptors (Lipinski definition) is 6. The molecule has 4 rings (SSSR count). The first kappa shape index (κ1) is 19.0. The number of carbonyl (C=O) groups is 1. The first-order chi connectivity index (χ1) is 14.0. The largest absolute Gasteiger partial charge is 0.493 e. The van der Waals surface area contributed by atoms with E-state index in [4.69, 9.17) is 14.0 Å². The quantitative estimate of drug-likeness (QED) is 0.662. The molecule has 150 valence electrons. The summed E-state index contributed by atoms with van der Waals surface area (Å²) in [5, 5.41) is 4.04. The Bertz CT molecular complexity index is 1030. The lowest BCUT2D eigenvalue weighted by Crippen LogP contribution is -2.38. The molecule has 29 heavy (non-hydrogen) atoms. The number of methoxy groups -OCH3 is 1. The second kappa shape index (κ2) is 7.95. The Morgan fingerprint density at radius 2 is 2.10 bits per heavy atom. The van der Waals surface area contributed by atoms with Crippen LogP contribution in [0.4, 0.5) is 0 Å². The molecule has 0 radical (unpaired) electrons. The average Bonchev–Trinajstić information content (AvgIpc) is 3.20. The van der Waals surface area contributed by atoms with Crippen molar-refractivity contribution in [2.45, 2.75) is 19.9 Å². The van der Waals surface area contributed by atoms with Crippen molar-refractivity contribution in [1.82, 2.24) is 15.0 Å². The number of benzene rings is 2. The smallest absolute Gasteiger partial charge is 0.246 e. The van der Waals surface area contributed by atoms with Crippen LogP contribution >= 0.6 is 0 Å². The highest BCUT2D eigenvalue weighted by atomic mass is 16.5. The van der Waals surface area contributed by atoms with Gasteiger partial charge in [-0.1, -0.05) is 41.1 Å². The summed E-state index contributed by atoms with van der Waals surface area (Å²) in [4.78, 5) is 18.9. The highest BCUT2D eigenvalue weighted by Gasteiger charge is 2.30. The molecule has 1 aliphatic rings. The predicted octanol–water partition coefficient (Wildman–Crippen LogP) is 3.26. The Hall–Kier alpha value is -3.35. The van der Waals surface area contributed by atoms with Crippen molar-refractivity contribution in [2.24, 2.45) is 5.92 Å². The zero-order valence-corrected chi connectivity index (χ0v) is 16.7. The summed E-state index contributed by atoms with van der Waals surface area (Å²) in [5.74, 6) is 2.05. The molecule has 0 spiro atoms. The van der Waals surface area contributed by atoms with Gasteiger partial charge in [0.1, 0.15) is 6.61 Å². The SMILES string of the molecule is COc1cccc2c1OC[C@H](C(=O)N(C)Cc1nc(-c3cccc(C)c3)no1)C2. The van der Waals surface area contributed by atoms with Gasteiger partial charge in [0.25, 0.3) is 0 Å². The maximum Gasteiger partial charge on any atom is 0.246 e. The highest BCUT2D eigenvalue weighted by molar-refractivity contribution is 5.79. The molecule has 1 atom stereocenters. The molecule has 7 heteroatoms. The molecule has 0 aliphatic carbocycles. The fraction of sp³-hybridized carbons (Fsp3) is 0.318. The van der Waals surface area contributed by atoms with Crippen LogP contribution in [0.25, 0.3) is 11.4 Å². The molecular formula is C22H23N3O4. The minimum atomic E-state index is -0.265. The number of hydrogen-bond donors (Lipinski definition) is 0. The van der Waals surface area contributed by atoms with E-state index in [2.05, 4.69) is 10.1 Å². The summed E-state index contributed by atoms with van der Waals surface area (Å²) in [5.41, 5.74) is 2.98. The molecule has 0 unspecified atom stereocenters. The van der Waals surface area contributed by atoms with E-state index in [9.17, 15) is 4.79 Å². The van der Waals surface area contributed by atoms with E-state index in [1.54, 1.807) is 19.1 Å². The van der Waals surface area contributed by atoms with Crippen molar-refractivity contribution in [3.63, 3.8) is 0 Å². The van der Waals surface area contributed by atoms with Crippen LogP contribution in [0.5, 0.6) is 11.5 Å². The Kier molecular flexibility index (Phi) is 5.20. The van der Waals surface area contributed by atoms with E-state index in [1.807, 2.05) is 49.4 Å². The number of fused-ring (bicyclic) bond motifs is 1. The lowest BCUT2D eigenvalue weighted by molar-refractivity contribution is -0.136. The summed E-state index contributed by atoms with van der Waals surface area (Å²) in [6.45, 7) is 2.57. The maximum atomic E-state index is 12.9. The minimum Gasteiger partial charge on any atom is -0.493 e. The van der Waals surface area contributed by atoms with Crippen molar-refractivity contribution >= 4 is 5.91 Å². The molecule has 1 aromatic heterocycles. The van der Waals surface area contributed by atoms with Crippen molar-refractivity contribution in [1.29, 1.82) is 0 Å². The third kappa shape index (κ3) is 3.94. The van der Waals surface area contributed by atoms with Gasteiger partial charge in [0.2, 0.25) is 17.6 Å². The molecule has 2 heterocycles. The van der Waals surface area contributed by atoms with Crippen LogP contribution in [0, 0.1) is 12.8 Å². The van der Waals surface area contributed by atoms with Crippen molar-refractivity contribution < 1.29 is 18.8 Å². The fourth-order valence-electron chi connectivity index (χ4n) is 3.53. The molecular weight excluding hydrogens is 370 g/mol. The number of rotatable bonds is 5. The van der Waals surface area contributed by atoms with Gasteiger partial charge in [0.05, 0.1) is 19.6 Å². The predicted molar refractivity (Wildman–Crippen MR) is 107 cm³/mol. The molecule has 0 bridgehead atoms. The van der Waals surface area contributed by atoms with Gasteiger partial charge in [-0.25, -0.2) is 0 Å². The topological polar surface area (TPSA) is 77.7 Å². The van der Waals surface area contributed by atoms with Crippen molar-refractivity contribution in [3.8, 4) is 22.9 Å². The first-order valence-electron chi connectivity index (χ1n) is 9.48. The second-order valence-electron chi connectivity index (χ2n) is 7.24. The van der Waals surface area contributed by atoms with Crippen molar-refractivity contribution in [2.75, 3.05) is 20.8 Å². The van der Waals surface area contributed by atoms with Gasteiger partial charge in [-0.05, 0) is 31.0 Å². The van der Waals surface area contributed by atoms with Crippen LogP contribution in [0.1, 0.15) is 17.0 Å². The molecule has 1 aliphatic heterocycles. The van der Waals surface area contributed by atoms with Crippen LogP contribution in [-0.4, -0.2) is 41.7 Å². The van der Waals surface area contributed by atoms with E-state index >= 15 is 0 Å². The van der Waals surface area contributed by atoms with Gasteiger partial charge in [-0.15, -0.1) is 0 Å². The molecule has 0 saturated heterocycles. The number of ether oxygens (including phenoxy) is 2. The third-order valence-corrected chi connectivity index (χ3v) is 5.02. The van der Waals surface area contributed by atoms with E-state index in [0.717, 1.165) is 22.4 Å². The van der Waals surface area contributed by atoms with Gasteiger partial charge < -0.3 is 18.9 Å². The average molecular weight is 393 g/mol. The maximum absolute atomic E-state index is 12.9. The van der Waals surface area contributed by atoms with Crippen molar-refractivity contribution in [3.05, 3.63) is 59.5 Å². The standard InChI is InChI=1S/C22H23N3O4/c1-14-6-4-8-16(10-14)21-23-19(29-24-21)12-25(2)22(26)17-11-15-7-5-9-18(27-3)20(15)28-13-17/h4-10,17H,11-13H2,1-3H3/t17-/m1/s1. The molecule has 3 aromatic rings. The Morgan fingerprint density at radius 3 is 2.90 bits per heavy atom. The number of para-hydroxylation sites is 1. The third-order valence-electron chi connectivity index (χ3n) is 5.02. The van der Waals surface area contributed by atoms with Gasteiger partial charge in [0, 0.05) is 12.6 Å². The molecule has 1 amide bonds. The van der Waals surface area contributed by atoms with E-state index in [-0.39, 0.29) is 18.4 Å². The normalized spacial score (nSPS) is 15.3. The highest BCUT2D eigenvalue weighted by Crippen LogP contribution is 2.36. The first-order valence-corrected chi connectivity index (χ1v) is 9.48. The second-order valence-corrected chi connectivity index (χ2v) is 7.24. The summed E-state index contributed by atoms with van der Waals surface area (Å²) in [7, 11) is 3.35. The van der Waals surface area contributed by atoms with Crippen LogP contribution < -0.4 is 9.47 Å². The van der Waals surface area contributed by atoms with Crippen LogP contribution in [-0.2, 0) is 17.8 Å². The van der Waals surface area contributed by atoms with E-state index < -0.39 is 0 Å². The van der Waals surface area contributed by atoms with Gasteiger partial charge >= 0.3 is 0 Å². The van der Waals surface area contributed by atoms with Gasteiger partial charge in [-0.3, -0.25) is 4.79 Å². The zero-order valence-electron chi connectivity index (χ0n) is 16.7. The summed E-state index contributed by atoms with van der Waals surface area (Å²) >= 11 is 0. The number of amides is 1. The number of aromatic nitrogens is 2. The summed E-state index contributed by atoms with van der Waals surface area (Å²) in [6, 6.07) is 13.6. The lowest BCUT2D eigenvalue weighted by Gasteiger charge is -2.28. The number of nitrogens with zero attached hydrogens (tertiary/aromatic N) is 3. The van der Waals surface area contributed by atoms with Gasteiger partial charge in [-0.2, -0.15) is 4.98 Å². The van der Waals surface area contributed by atoms with Crippen LogP contribution in [0.3, 0.4) is 0 Å². The molecule has 0 fully saturated rings. The van der Waals surface area contributed by atoms with E-state index in [0.29, 0.717) is 30.5 Å². The number of aryl methyl sites for hydroxylation is 1. The summed E-state index contributed by atoms with van der Waals surface area (Å²) in [6.07, 6.45) is 0.605. The molecule has 0 saturated carbocycles. The van der Waals surface area contributed by atoms with Crippen LogP contribution in [0.15, 0.2) is 47.0 Å². The molecule has 0 N–H and O–H groups in total. The Morgan fingerprint density at radius 1 is 1.28 bits per heavy atom. The Balaban J connectivity index is 1.43. The monoisotopic (exact) mass is 393 g/mol. The van der Waals surface area contributed by atoms with Gasteiger partial charge in [0.15, 0.2) is 11.5 Å². The number of carbonyl (C=O) groups excluding carboxylic acids is 1. The molecule has 2 aromatic carbocycles. The fourth-order valence-corrected chi connectivity index (χ4v) is 3.53. The summed E-state index contributed by atoms with van der Waals surface area (Å²) < 4.78 is 16.5. The Labute approximate surface area is 169 Å². The zero-order chi connectivity index (χ0) is 20.4. The lowest BCUT2D eigenvalue weighted by atomic mass is 9.95. The van der Waals surface area contributed by atoms with E-state index in [1.165, 1.54) is 0 Å².